The van der Waals surface area contributed by atoms with Gasteiger partial charge in [-0.25, -0.2) is 0 Å². The van der Waals surface area contributed by atoms with Crippen LogP contribution in [0.15, 0.2) is 0 Å². The second kappa shape index (κ2) is 10.1. The first-order chi connectivity index (χ1) is 15.0. The van der Waals surface area contributed by atoms with Crippen LogP contribution in [-0.2, 0) is 25.6 Å². The summed E-state index contributed by atoms with van der Waals surface area (Å²) in [5.74, 6) is 0.536. The average molecular weight is 510 g/mol. The molecule has 1 saturated carbocycles. The van der Waals surface area contributed by atoms with Gasteiger partial charge in [-0.05, 0) is 57.1 Å². The van der Waals surface area contributed by atoms with E-state index in [1.165, 1.54) is 0 Å². The molecule has 1 saturated heterocycles. The molecule has 1 aliphatic heterocycles. The summed E-state index contributed by atoms with van der Waals surface area (Å²) >= 11 is 5.56. The van der Waals surface area contributed by atoms with Gasteiger partial charge in [-0.2, -0.15) is 0 Å². The molecule has 3 unspecified atom stereocenters. The van der Waals surface area contributed by atoms with E-state index in [9.17, 15) is 4.89 Å². The van der Waals surface area contributed by atoms with Crippen LogP contribution in [0, 0.1) is 45.3 Å². The molecule has 194 valence electrons. The summed E-state index contributed by atoms with van der Waals surface area (Å²) in [6.45, 7) is 23.0. The fraction of sp³-hybridized carbons (Fsp3) is 1.00. The highest BCUT2D eigenvalue weighted by atomic mass is 32.5. The van der Waals surface area contributed by atoms with E-state index < -0.39 is 12.7 Å². The molecule has 0 aromatic carbocycles. The second-order valence-corrected chi connectivity index (χ2v) is 17.8. The van der Waals surface area contributed by atoms with Crippen molar-refractivity contribution in [2.24, 2.45) is 45.3 Å². The van der Waals surface area contributed by atoms with E-state index in [1.807, 2.05) is 0 Å². The maximum atomic E-state index is 11.2. The van der Waals surface area contributed by atoms with Crippen LogP contribution >= 0.6 is 6.72 Å². The minimum Gasteiger partial charge on any atom is -0.382 e. The summed E-state index contributed by atoms with van der Waals surface area (Å²) in [4.78, 5) is 11.2. The van der Waals surface area contributed by atoms with Crippen molar-refractivity contribution < 1.29 is 18.7 Å². The summed E-state index contributed by atoms with van der Waals surface area (Å²) in [6, 6.07) is -0.390. The Hall–Kier alpha value is 0.620. The lowest BCUT2D eigenvalue weighted by Crippen LogP contribution is -2.41. The van der Waals surface area contributed by atoms with E-state index in [0.717, 1.165) is 6.42 Å². The fourth-order valence-electron chi connectivity index (χ4n) is 6.62. The zero-order valence-electron chi connectivity index (χ0n) is 23.7. The lowest BCUT2D eigenvalue weighted by Gasteiger charge is -2.42. The van der Waals surface area contributed by atoms with Crippen molar-refractivity contribution in [3.05, 3.63) is 0 Å². The van der Waals surface area contributed by atoms with Crippen LogP contribution in [-0.4, -0.2) is 45.4 Å². The molecule has 2 fully saturated rings. The third kappa shape index (κ3) is 7.13. The normalized spacial score (nSPS) is 37.7. The molecule has 4 nitrogen and oxygen atoms in total. The van der Waals surface area contributed by atoms with Crippen molar-refractivity contribution in [2.75, 3.05) is 6.61 Å². The molecule has 1 heterocycles. The van der Waals surface area contributed by atoms with Gasteiger partial charge in [0.1, 0.15) is 7.85 Å². The zero-order valence-corrected chi connectivity index (χ0v) is 25.4. The lowest BCUT2D eigenvalue weighted by atomic mass is 9.59. The highest BCUT2D eigenvalue weighted by Crippen LogP contribution is 2.60. The van der Waals surface area contributed by atoms with Gasteiger partial charge in [0, 0.05) is 6.00 Å². The van der Waals surface area contributed by atoms with Crippen LogP contribution in [0.2, 0.25) is 5.82 Å². The van der Waals surface area contributed by atoms with Crippen LogP contribution in [0.4, 0.5) is 0 Å². The first-order valence-corrected chi connectivity index (χ1v) is 15.4. The minimum atomic E-state index is -3.54. The highest BCUT2D eigenvalue weighted by molar-refractivity contribution is 8.07. The van der Waals surface area contributed by atoms with Crippen LogP contribution in [0.25, 0.3) is 0 Å². The quantitative estimate of drug-likeness (QED) is 0.338. The zero-order chi connectivity index (χ0) is 26.7. The molecule has 0 amide bonds. The van der Waals surface area contributed by atoms with Gasteiger partial charge in [0.25, 0.3) is 0 Å². The van der Waals surface area contributed by atoms with E-state index >= 15 is 0 Å². The van der Waals surface area contributed by atoms with Gasteiger partial charge in [-0.15, -0.1) is 0 Å². The molecule has 1 N–H and O–H groups in total. The fourth-order valence-corrected chi connectivity index (χ4v) is 8.08. The van der Waals surface area contributed by atoms with Crippen molar-refractivity contribution in [1.29, 1.82) is 0 Å². The van der Waals surface area contributed by atoms with Crippen LogP contribution in [0.3, 0.4) is 0 Å². The highest BCUT2D eigenvalue weighted by Gasteiger charge is 2.54. The molecular formula is C26H49B2O4PS. The number of hydrogen-bond donors (Lipinski definition) is 1. The van der Waals surface area contributed by atoms with Crippen molar-refractivity contribution in [1.82, 2.24) is 0 Å². The Morgan fingerprint density at radius 1 is 0.824 bits per heavy atom. The summed E-state index contributed by atoms with van der Waals surface area (Å²) in [5, 5.41) is 0. The molecule has 0 aromatic rings. The third-order valence-corrected chi connectivity index (χ3v) is 9.54. The van der Waals surface area contributed by atoms with E-state index in [1.54, 1.807) is 0 Å². The number of ether oxygens (including phenoxy) is 1. The van der Waals surface area contributed by atoms with Crippen molar-refractivity contribution in [3.63, 3.8) is 0 Å². The topological polar surface area (TPSA) is 47.9 Å². The van der Waals surface area contributed by atoms with E-state index in [-0.39, 0.29) is 70.0 Å². The smallest absolute Gasteiger partial charge is 0.324 e. The molecule has 0 aromatic heterocycles. The summed E-state index contributed by atoms with van der Waals surface area (Å²) < 4.78 is 18.6. The molecule has 1 aliphatic carbocycles. The van der Waals surface area contributed by atoms with Gasteiger partial charge in [0.2, 0.25) is 0 Å². The van der Waals surface area contributed by atoms with Gasteiger partial charge in [0.05, 0.1) is 26.7 Å². The summed E-state index contributed by atoms with van der Waals surface area (Å²) in [5.41, 5.74) is -0.193. The molecule has 8 heteroatoms. The predicted molar refractivity (Wildman–Crippen MR) is 148 cm³/mol. The molecule has 2 aliphatic rings. The lowest BCUT2D eigenvalue weighted by molar-refractivity contribution is -0.0146. The Morgan fingerprint density at radius 2 is 1.29 bits per heavy atom. The Bertz CT molecular complexity index is 750. The van der Waals surface area contributed by atoms with Crippen LogP contribution in [0.5, 0.6) is 0 Å². The van der Waals surface area contributed by atoms with Gasteiger partial charge >= 0.3 is 6.72 Å². The maximum Gasteiger partial charge on any atom is 0.324 e. The molecule has 4 radical (unpaired) electrons. The first kappa shape index (κ1) is 30.8. The van der Waals surface area contributed by atoms with E-state index in [0.29, 0.717) is 0 Å². The molecule has 2 rings (SSSR count). The third-order valence-electron chi connectivity index (χ3n) is 7.98. The largest absolute Gasteiger partial charge is 0.382 e. The standard InChI is InChI=1S/C26H49B2O4PS/c1-23(2,3)15-13-16(27)18(24(4,5)6)21(15)32-33(29,34)30-14-17-19(25(7,8)9)20(22(28)31-17)26(10,11)12/h15-22H,13-14H2,1-12H3,(H,29,34)/t15-,16+,17+,18+,19?,20-,21?,22+,33?/m0/s1. The Labute approximate surface area is 218 Å². The molecular weight excluding hydrogens is 461 g/mol. The molecule has 0 spiro atoms. The van der Waals surface area contributed by atoms with Crippen LogP contribution in [0.1, 0.15) is 89.5 Å². The van der Waals surface area contributed by atoms with Gasteiger partial charge in [0.15, 0.2) is 0 Å². The Kier molecular flexibility index (Phi) is 9.13. The maximum absolute atomic E-state index is 11.2. The number of hydrogen-bond acceptors (Lipinski definition) is 4. The second-order valence-electron chi connectivity index (χ2n) is 15.0. The predicted octanol–water partition coefficient (Wildman–Crippen LogP) is 6.51. The monoisotopic (exact) mass is 510 g/mol. The molecule has 34 heavy (non-hydrogen) atoms. The average Bonchev–Trinajstić information content (AvgIpc) is 3.08. The summed E-state index contributed by atoms with van der Waals surface area (Å²) in [6.07, 6.45) is 0.309. The molecule has 0 bridgehead atoms. The molecule has 9 atom stereocenters. The summed E-state index contributed by atoms with van der Waals surface area (Å²) in [7, 11) is 13.1. The van der Waals surface area contributed by atoms with E-state index in [2.05, 4.69) is 83.1 Å². The number of rotatable bonds is 5. The van der Waals surface area contributed by atoms with Crippen molar-refractivity contribution in [3.8, 4) is 0 Å². The van der Waals surface area contributed by atoms with Crippen LogP contribution < -0.4 is 0 Å². The minimum absolute atomic E-state index is 0.0156. The van der Waals surface area contributed by atoms with Gasteiger partial charge in [-0.1, -0.05) is 95.3 Å². The SMILES string of the molecule is [B][C@@H]1C[C@H](C(C)(C)C)C(OP(O)(=S)OC[C@H]2O[C@@H]([B])[C@@H](C(C)(C)C)C2C(C)(C)C)[C@@H]1C(C)(C)C. The Morgan fingerprint density at radius 3 is 1.71 bits per heavy atom. The van der Waals surface area contributed by atoms with Crippen molar-refractivity contribution in [2.45, 2.75) is 114 Å². The van der Waals surface area contributed by atoms with Gasteiger partial charge in [-0.3, -0.25) is 0 Å². The van der Waals surface area contributed by atoms with Gasteiger partial charge < -0.3 is 18.7 Å². The first-order valence-electron chi connectivity index (χ1n) is 12.8. The van der Waals surface area contributed by atoms with Crippen molar-refractivity contribution >= 4 is 34.2 Å². The Balaban J connectivity index is 2.24. The van der Waals surface area contributed by atoms with E-state index in [4.69, 9.17) is 41.3 Å².